The maximum Gasteiger partial charge on any atom is 0.273 e. The zero-order valence-corrected chi connectivity index (χ0v) is 16.3. The van der Waals surface area contributed by atoms with E-state index in [1.165, 1.54) is 17.6 Å². The van der Waals surface area contributed by atoms with Gasteiger partial charge in [-0.2, -0.15) is 0 Å². The van der Waals surface area contributed by atoms with E-state index in [1.54, 1.807) is 20.2 Å². The third kappa shape index (κ3) is 3.67. The van der Waals surface area contributed by atoms with Crippen LogP contribution < -0.4 is 20.7 Å². The number of anilines is 3. The van der Waals surface area contributed by atoms with Crippen molar-refractivity contribution in [3.05, 3.63) is 41.7 Å². The summed E-state index contributed by atoms with van der Waals surface area (Å²) in [4.78, 5) is 17.0. The van der Waals surface area contributed by atoms with Gasteiger partial charge in [0.2, 0.25) is 0 Å². The summed E-state index contributed by atoms with van der Waals surface area (Å²) in [6, 6.07) is 7.37. The summed E-state index contributed by atoms with van der Waals surface area (Å²) < 4.78 is 12.5. The van der Waals surface area contributed by atoms with Crippen molar-refractivity contribution < 1.29 is 19.4 Å². The predicted octanol–water partition coefficient (Wildman–Crippen LogP) is 1.49. The number of benzene rings is 1. The zero-order chi connectivity index (χ0) is 20.6. The average Bonchev–Trinajstić information content (AvgIpc) is 3.10. The molecule has 4 N–H and O–H groups in total. The molecule has 3 aromatic rings. The van der Waals surface area contributed by atoms with Gasteiger partial charge in [0.1, 0.15) is 5.75 Å². The lowest BCUT2D eigenvalue weighted by atomic mass is 10.2. The minimum atomic E-state index is -1.57. The second-order valence-electron chi connectivity index (χ2n) is 6.95. The van der Waals surface area contributed by atoms with Crippen molar-refractivity contribution in [2.24, 2.45) is 0 Å². The summed E-state index contributed by atoms with van der Waals surface area (Å²) in [6.45, 7) is 1.63. The van der Waals surface area contributed by atoms with Gasteiger partial charge in [0.15, 0.2) is 22.9 Å². The highest BCUT2D eigenvalue weighted by Crippen LogP contribution is 2.30. The lowest BCUT2D eigenvalue weighted by Gasteiger charge is -2.24. The quantitative estimate of drug-likeness (QED) is 0.512. The van der Waals surface area contributed by atoms with Gasteiger partial charge in [-0.05, 0) is 24.6 Å². The molecule has 3 heterocycles. The number of nitrogens with one attached hydrogen (secondary N) is 3. The van der Waals surface area contributed by atoms with Crippen molar-refractivity contribution >= 4 is 28.7 Å². The van der Waals surface area contributed by atoms with Crippen molar-refractivity contribution in [3.63, 3.8) is 0 Å². The smallest absolute Gasteiger partial charge is 0.273 e. The van der Waals surface area contributed by atoms with Crippen LogP contribution in [-0.4, -0.2) is 52.1 Å². The number of carbonyl (C=O) groups is 1. The predicted molar refractivity (Wildman–Crippen MR) is 107 cm³/mol. The van der Waals surface area contributed by atoms with Crippen LogP contribution in [-0.2, 0) is 11.3 Å². The molecule has 0 saturated carbocycles. The van der Waals surface area contributed by atoms with Crippen LogP contribution in [0.3, 0.4) is 0 Å². The van der Waals surface area contributed by atoms with E-state index in [-0.39, 0.29) is 18.9 Å². The summed E-state index contributed by atoms with van der Waals surface area (Å²) in [7, 11) is 3.34. The Morgan fingerprint density at radius 1 is 1.38 bits per heavy atom. The van der Waals surface area contributed by atoms with Gasteiger partial charge in [0.05, 0.1) is 37.9 Å². The Morgan fingerprint density at radius 3 is 2.97 bits per heavy atom. The normalized spacial score (nSPS) is 19.4. The Kier molecular flexibility index (Phi) is 4.73. The van der Waals surface area contributed by atoms with Crippen molar-refractivity contribution in [1.82, 2.24) is 19.9 Å². The number of hydrogen-bond acceptors (Lipinski definition) is 8. The number of nitrogens with zero attached hydrogens (tertiary/aromatic N) is 3. The second-order valence-corrected chi connectivity index (χ2v) is 6.95. The van der Waals surface area contributed by atoms with Crippen molar-refractivity contribution in [2.45, 2.75) is 19.3 Å². The van der Waals surface area contributed by atoms with Gasteiger partial charge in [-0.3, -0.25) is 4.79 Å². The maximum atomic E-state index is 12.8. The molecule has 2 aromatic heterocycles. The van der Waals surface area contributed by atoms with Crippen molar-refractivity contribution in [3.8, 4) is 5.75 Å². The number of imidazole rings is 1. The fourth-order valence-corrected chi connectivity index (χ4v) is 3.16. The van der Waals surface area contributed by atoms with E-state index in [2.05, 4.69) is 26.0 Å². The van der Waals surface area contributed by atoms with Crippen LogP contribution in [0, 0.1) is 0 Å². The first-order valence-electron chi connectivity index (χ1n) is 9.03. The molecule has 4 rings (SSSR count). The molecule has 0 spiro atoms. The molecule has 0 fully saturated rings. The third-order valence-electron chi connectivity index (χ3n) is 4.53. The van der Waals surface area contributed by atoms with Crippen LogP contribution in [0.15, 0.2) is 30.5 Å². The minimum absolute atomic E-state index is 0.0925. The molecule has 1 aliphatic heterocycles. The molecular formula is C19H22N6O4. The van der Waals surface area contributed by atoms with Gasteiger partial charge < -0.3 is 30.5 Å². The highest BCUT2D eigenvalue weighted by molar-refractivity contribution is 5.94. The molecule has 0 saturated heterocycles. The number of amides is 1. The van der Waals surface area contributed by atoms with Crippen LogP contribution in [0.25, 0.3) is 5.65 Å². The van der Waals surface area contributed by atoms with Gasteiger partial charge in [0.25, 0.3) is 5.91 Å². The molecular weight excluding hydrogens is 376 g/mol. The summed E-state index contributed by atoms with van der Waals surface area (Å²) in [5, 5.41) is 23.9. The first-order chi connectivity index (χ1) is 13.9. The molecule has 1 aliphatic rings. The zero-order valence-electron chi connectivity index (χ0n) is 16.3. The number of aliphatic hydroxyl groups is 1. The van der Waals surface area contributed by atoms with Gasteiger partial charge in [0, 0.05) is 13.1 Å². The van der Waals surface area contributed by atoms with Gasteiger partial charge in [-0.1, -0.05) is 6.07 Å². The average molecular weight is 398 g/mol. The third-order valence-corrected chi connectivity index (χ3v) is 4.53. The van der Waals surface area contributed by atoms with E-state index < -0.39 is 11.6 Å². The topological polar surface area (TPSA) is 122 Å². The largest absolute Gasteiger partial charge is 0.495 e. The molecule has 1 aromatic carbocycles. The highest BCUT2D eigenvalue weighted by Gasteiger charge is 2.27. The number of carbonyl (C=O) groups excluding carboxylic acids is 1. The van der Waals surface area contributed by atoms with E-state index in [9.17, 15) is 9.90 Å². The number of methoxy groups -OCH3 is 1. The fourth-order valence-electron chi connectivity index (χ4n) is 3.16. The van der Waals surface area contributed by atoms with Crippen LogP contribution in [0.2, 0.25) is 0 Å². The number of ether oxygens (including phenoxy) is 2. The van der Waals surface area contributed by atoms with Gasteiger partial charge in [-0.15, -0.1) is 5.10 Å². The van der Waals surface area contributed by atoms with Gasteiger partial charge in [-0.25, -0.2) is 9.50 Å². The monoisotopic (exact) mass is 398 g/mol. The van der Waals surface area contributed by atoms with Crippen LogP contribution in [0.1, 0.15) is 23.0 Å². The Balaban J connectivity index is 1.89. The molecule has 0 unspecified atom stereocenters. The second kappa shape index (κ2) is 7.22. The molecule has 1 atom stereocenters. The number of rotatable bonds is 2. The standard InChI is InChI=1S/C19H22N6O4/c1-19(27)10-29-9-11-4-5-15(28-3)12(6-11)22-16-7-13(20-2)17-21-8-14(18(26)23-19)25(17)24-16/h4-8,20,27H,9-10H2,1-3H3,(H,22,24)(H,23,26)/t19-/m0/s1. The van der Waals surface area contributed by atoms with Crippen molar-refractivity contribution in [1.29, 1.82) is 0 Å². The number of hydrogen-bond donors (Lipinski definition) is 4. The lowest BCUT2D eigenvalue weighted by molar-refractivity contribution is -0.0556. The lowest BCUT2D eigenvalue weighted by Crippen LogP contribution is -2.49. The molecule has 0 radical (unpaired) electrons. The maximum absolute atomic E-state index is 12.8. The summed E-state index contributed by atoms with van der Waals surface area (Å²) in [5.41, 5.74) is 1.33. The molecule has 29 heavy (non-hydrogen) atoms. The SMILES string of the molecule is CNc1cc2nn3c(cnc13)C(=O)N[C@@](C)(O)COCc1ccc(OC)c(c1)N2. The fraction of sp³-hybridized carbons (Fsp3) is 0.316. The summed E-state index contributed by atoms with van der Waals surface area (Å²) in [5.74, 6) is 0.587. The Bertz CT molecular complexity index is 1080. The summed E-state index contributed by atoms with van der Waals surface area (Å²) in [6.07, 6.45) is 1.41. The summed E-state index contributed by atoms with van der Waals surface area (Å²) >= 11 is 0. The van der Waals surface area contributed by atoms with E-state index in [0.29, 0.717) is 28.6 Å². The Labute approximate surface area is 166 Å². The van der Waals surface area contributed by atoms with E-state index in [1.807, 2.05) is 18.2 Å². The minimum Gasteiger partial charge on any atom is -0.495 e. The van der Waals surface area contributed by atoms with Crippen molar-refractivity contribution in [2.75, 3.05) is 31.4 Å². The Hall–Kier alpha value is -3.37. The highest BCUT2D eigenvalue weighted by atomic mass is 16.5. The Morgan fingerprint density at radius 2 is 2.21 bits per heavy atom. The van der Waals surface area contributed by atoms with Gasteiger partial charge >= 0.3 is 0 Å². The van der Waals surface area contributed by atoms with E-state index in [4.69, 9.17) is 9.47 Å². The molecule has 0 aliphatic carbocycles. The molecule has 10 nitrogen and oxygen atoms in total. The molecule has 1 amide bonds. The van der Waals surface area contributed by atoms with Crippen LogP contribution in [0.4, 0.5) is 17.2 Å². The first kappa shape index (κ1) is 19.0. The molecule has 4 bridgehead atoms. The van der Waals surface area contributed by atoms with Crippen LogP contribution >= 0.6 is 0 Å². The molecule has 152 valence electrons. The number of fused-ring (bicyclic) bond motifs is 3. The molecule has 10 heteroatoms. The first-order valence-corrected chi connectivity index (χ1v) is 9.03. The number of aromatic nitrogens is 3. The van der Waals surface area contributed by atoms with Crippen LogP contribution in [0.5, 0.6) is 5.75 Å². The van der Waals surface area contributed by atoms with E-state index >= 15 is 0 Å². The van der Waals surface area contributed by atoms with E-state index in [0.717, 1.165) is 5.56 Å².